The Morgan fingerprint density at radius 3 is 2.57 bits per heavy atom. The first-order valence-corrected chi connectivity index (χ1v) is 8.69. The van der Waals surface area contributed by atoms with Gasteiger partial charge in [-0.25, -0.2) is 8.42 Å². The average molecular weight is 333 g/mol. The number of rotatable bonds is 6. The molecule has 2 N–H and O–H groups in total. The number of nitrogens with zero attached hydrogens (tertiary/aromatic N) is 1. The van der Waals surface area contributed by atoms with Gasteiger partial charge in [0, 0.05) is 30.2 Å². The summed E-state index contributed by atoms with van der Waals surface area (Å²) in [7, 11) is -0.639. The van der Waals surface area contributed by atoms with E-state index in [9.17, 15) is 8.42 Å². The minimum Gasteiger partial charge on any atom is -0.495 e. The van der Waals surface area contributed by atoms with Gasteiger partial charge >= 0.3 is 0 Å². The van der Waals surface area contributed by atoms with Crippen LogP contribution >= 0.6 is 11.6 Å². The van der Waals surface area contributed by atoms with E-state index in [1.165, 1.54) is 17.5 Å². The maximum absolute atomic E-state index is 12.9. The molecule has 1 saturated carbocycles. The standard InChI is InChI=1S/C14H21ClN2O3S/c1-9(10-4-5-10)17(2)21(18,19)13-7-12(15)6-11(8-16)14(13)20-3/h6-7,9-10H,4-5,8,16H2,1-3H3. The second kappa shape index (κ2) is 6.12. The Labute approximate surface area is 131 Å². The van der Waals surface area contributed by atoms with E-state index < -0.39 is 10.0 Å². The number of halogens is 1. The van der Waals surface area contributed by atoms with Crippen LogP contribution in [0.1, 0.15) is 25.3 Å². The number of nitrogens with two attached hydrogens (primary N) is 1. The number of hydrogen-bond acceptors (Lipinski definition) is 4. The minimum absolute atomic E-state index is 0.0417. The van der Waals surface area contributed by atoms with Crippen molar-refractivity contribution in [3.05, 3.63) is 22.7 Å². The van der Waals surface area contributed by atoms with Crippen LogP contribution in [-0.2, 0) is 16.6 Å². The largest absolute Gasteiger partial charge is 0.495 e. The van der Waals surface area contributed by atoms with Gasteiger partial charge in [-0.1, -0.05) is 11.6 Å². The topological polar surface area (TPSA) is 72.6 Å². The van der Waals surface area contributed by atoms with Gasteiger partial charge in [0.15, 0.2) is 0 Å². The highest BCUT2D eigenvalue weighted by Gasteiger charge is 2.37. The molecular weight excluding hydrogens is 312 g/mol. The van der Waals surface area contributed by atoms with Gasteiger partial charge in [0.25, 0.3) is 0 Å². The van der Waals surface area contributed by atoms with Crippen molar-refractivity contribution in [1.29, 1.82) is 0 Å². The number of hydrogen-bond donors (Lipinski definition) is 1. The molecule has 21 heavy (non-hydrogen) atoms. The van der Waals surface area contributed by atoms with Gasteiger partial charge in [-0.3, -0.25) is 0 Å². The van der Waals surface area contributed by atoms with Crippen LogP contribution in [0.2, 0.25) is 5.02 Å². The molecule has 1 fully saturated rings. The third-order valence-corrected chi connectivity index (χ3v) is 6.22. The highest BCUT2D eigenvalue weighted by Crippen LogP contribution is 2.39. The Kier molecular flexibility index (Phi) is 4.82. The number of sulfonamides is 1. The molecule has 0 amide bonds. The molecule has 1 aromatic carbocycles. The molecule has 5 nitrogen and oxygen atoms in total. The van der Waals surface area contributed by atoms with Gasteiger partial charge in [-0.05, 0) is 37.8 Å². The van der Waals surface area contributed by atoms with Crippen LogP contribution in [0.3, 0.4) is 0 Å². The summed E-state index contributed by atoms with van der Waals surface area (Å²) < 4.78 is 32.4. The monoisotopic (exact) mass is 332 g/mol. The van der Waals surface area contributed by atoms with Crippen molar-refractivity contribution < 1.29 is 13.2 Å². The molecule has 1 unspecified atom stereocenters. The highest BCUT2D eigenvalue weighted by molar-refractivity contribution is 7.89. The first kappa shape index (κ1) is 16.5. The van der Waals surface area contributed by atoms with Crippen molar-refractivity contribution in [3.8, 4) is 5.75 Å². The van der Waals surface area contributed by atoms with Crippen LogP contribution in [0.25, 0.3) is 0 Å². The van der Waals surface area contributed by atoms with Gasteiger partial charge < -0.3 is 10.5 Å². The van der Waals surface area contributed by atoms with E-state index in [1.54, 1.807) is 13.1 Å². The lowest BCUT2D eigenvalue weighted by molar-refractivity contribution is 0.351. The summed E-state index contributed by atoms with van der Waals surface area (Å²) in [6, 6.07) is 3.01. The zero-order chi connectivity index (χ0) is 15.8. The zero-order valence-electron chi connectivity index (χ0n) is 12.5. The molecule has 0 radical (unpaired) electrons. The normalized spacial score (nSPS) is 17.0. The fraction of sp³-hybridized carbons (Fsp3) is 0.571. The summed E-state index contributed by atoms with van der Waals surface area (Å²) in [5, 5.41) is 0.335. The van der Waals surface area contributed by atoms with E-state index in [0.29, 0.717) is 16.5 Å². The lowest BCUT2D eigenvalue weighted by Crippen LogP contribution is -2.36. The maximum Gasteiger partial charge on any atom is 0.246 e. The quantitative estimate of drug-likeness (QED) is 0.867. The molecule has 2 rings (SSSR count). The molecule has 0 spiro atoms. The lowest BCUT2D eigenvalue weighted by atomic mass is 10.2. The number of benzene rings is 1. The van der Waals surface area contributed by atoms with Crippen molar-refractivity contribution in [2.24, 2.45) is 11.7 Å². The van der Waals surface area contributed by atoms with Gasteiger partial charge in [0.2, 0.25) is 10.0 Å². The fourth-order valence-electron chi connectivity index (χ4n) is 2.45. The van der Waals surface area contributed by atoms with Gasteiger partial charge in [0.05, 0.1) is 7.11 Å². The summed E-state index contributed by atoms with van der Waals surface area (Å²) in [6.07, 6.45) is 2.14. The second-order valence-corrected chi connectivity index (χ2v) is 7.80. The van der Waals surface area contributed by atoms with E-state index in [2.05, 4.69) is 0 Å². The zero-order valence-corrected chi connectivity index (χ0v) is 14.0. The molecule has 7 heteroatoms. The van der Waals surface area contributed by atoms with E-state index in [4.69, 9.17) is 22.1 Å². The van der Waals surface area contributed by atoms with Gasteiger partial charge in [-0.15, -0.1) is 0 Å². The van der Waals surface area contributed by atoms with E-state index in [0.717, 1.165) is 12.8 Å². The van der Waals surface area contributed by atoms with Crippen LogP contribution < -0.4 is 10.5 Å². The Hall–Kier alpha value is -0.820. The SMILES string of the molecule is COc1c(CN)cc(Cl)cc1S(=O)(=O)N(C)C(C)C1CC1. The van der Waals surface area contributed by atoms with E-state index in [1.807, 2.05) is 6.92 Å². The molecule has 1 aliphatic carbocycles. The molecule has 118 valence electrons. The third kappa shape index (κ3) is 3.18. The molecule has 0 saturated heterocycles. The molecular formula is C14H21ClN2O3S. The Morgan fingerprint density at radius 1 is 1.48 bits per heavy atom. The highest BCUT2D eigenvalue weighted by atomic mass is 35.5. The smallest absolute Gasteiger partial charge is 0.246 e. The van der Waals surface area contributed by atoms with Crippen LogP contribution in [0.15, 0.2) is 17.0 Å². The third-order valence-electron chi connectivity index (χ3n) is 4.06. The Morgan fingerprint density at radius 2 is 2.10 bits per heavy atom. The Bertz CT molecular complexity index is 629. The predicted molar refractivity (Wildman–Crippen MR) is 83.0 cm³/mol. The second-order valence-electron chi connectivity index (χ2n) is 5.40. The number of ether oxygens (including phenoxy) is 1. The molecule has 0 aliphatic heterocycles. The van der Waals surface area contributed by atoms with Crippen LogP contribution in [0.4, 0.5) is 0 Å². The molecule has 1 atom stereocenters. The molecule has 1 aromatic rings. The maximum atomic E-state index is 12.9. The van der Waals surface area contributed by atoms with Crippen molar-refractivity contribution >= 4 is 21.6 Å². The van der Waals surface area contributed by atoms with Crippen molar-refractivity contribution in [2.75, 3.05) is 14.2 Å². The first-order valence-electron chi connectivity index (χ1n) is 6.87. The predicted octanol–water partition coefficient (Wildman–Crippen LogP) is 2.23. The molecule has 1 aliphatic rings. The summed E-state index contributed by atoms with van der Waals surface area (Å²) in [5.41, 5.74) is 6.23. The van der Waals surface area contributed by atoms with Crippen molar-refractivity contribution in [2.45, 2.75) is 37.2 Å². The summed E-state index contributed by atoms with van der Waals surface area (Å²) in [5.74, 6) is 0.709. The van der Waals surface area contributed by atoms with Crippen LogP contribution in [-0.4, -0.2) is 32.9 Å². The average Bonchev–Trinajstić information content (AvgIpc) is 3.29. The van der Waals surface area contributed by atoms with E-state index >= 15 is 0 Å². The van der Waals surface area contributed by atoms with Gasteiger partial charge in [-0.2, -0.15) is 4.31 Å². The molecule has 0 aromatic heterocycles. The van der Waals surface area contributed by atoms with Crippen molar-refractivity contribution in [1.82, 2.24) is 4.31 Å². The van der Waals surface area contributed by atoms with Gasteiger partial charge in [0.1, 0.15) is 10.6 Å². The van der Waals surface area contributed by atoms with Crippen LogP contribution in [0.5, 0.6) is 5.75 Å². The minimum atomic E-state index is -3.67. The lowest BCUT2D eigenvalue weighted by Gasteiger charge is -2.25. The van der Waals surface area contributed by atoms with E-state index in [-0.39, 0.29) is 23.2 Å². The summed E-state index contributed by atoms with van der Waals surface area (Å²) in [4.78, 5) is 0.0768. The fourth-order valence-corrected chi connectivity index (χ4v) is 4.40. The number of methoxy groups -OCH3 is 1. The Balaban J connectivity index is 2.50. The summed E-state index contributed by atoms with van der Waals surface area (Å²) >= 11 is 6.03. The molecule has 0 bridgehead atoms. The van der Waals surface area contributed by atoms with Crippen molar-refractivity contribution in [3.63, 3.8) is 0 Å². The van der Waals surface area contributed by atoms with Crippen LogP contribution in [0, 0.1) is 5.92 Å². The molecule has 0 heterocycles. The summed E-state index contributed by atoms with van der Waals surface area (Å²) in [6.45, 7) is 2.09. The first-order chi connectivity index (χ1) is 9.82.